The second-order valence-electron chi connectivity index (χ2n) is 7.37. The Bertz CT molecular complexity index is 991. The summed E-state index contributed by atoms with van der Waals surface area (Å²) in [5.41, 5.74) is 5.51. The fourth-order valence-corrected chi connectivity index (χ4v) is 4.06. The average molecular weight is 407 g/mol. The first-order valence-electron chi connectivity index (χ1n) is 10.0. The summed E-state index contributed by atoms with van der Waals surface area (Å²) in [7, 11) is 0. The summed E-state index contributed by atoms with van der Waals surface area (Å²) < 4.78 is 0. The van der Waals surface area contributed by atoms with Crippen molar-refractivity contribution in [2.75, 3.05) is 23.3 Å². The predicted molar refractivity (Wildman–Crippen MR) is 120 cm³/mol. The third-order valence-electron chi connectivity index (χ3n) is 5.45. The van der Waals surface area contributed by atoms with Crippen LogP contribution in [0.5, 0.6) is 0 Å². The van der Waals surface area contributed by atoms with Gasteiger partial charge in [-0.15, -0.1) is 0 Å². The van der Waals surface area contributed by atoms with Gasteiger partial charge in [-0.05, 0) is 59.9 Å². The van der Waals surface area contributed by atoms with Gasteiger partial charge in [-0.3, -0.25) is 0 Å². The molecule has 149 valence electrons. The van der Waals surface area contributed by atoms with E-state index in [1.807, 2.05) is 18.2 Å². The number of nitrogens with one attached hydrogen (secondary N) is 1. The van der Waals surface area contributed by atoms with E-state index in [4.69, 9.17) is 11.6 Å². The van der Waals surface area contributed by atoms with Crippen molar-refractivity contribution in [3.63, 3.8) is 0 Å². The van der Waals surface area contributed by atoms with Crippen LogP contribution in [0.4, 0.5) is 11.5 Å². The Morgan fingerprint density at radius 1 is 1.24 bits per heavy atom. The topological polar surface area (TPSA) is 48.4 Å². The van der Waals surface area contributed by atoms with Crippen LogP contribution in [0.15, 0.2) is 54.7 Å². The van der Waals surface area contributed by atoms with Gasteiger partial charge in [0.05, 0.1) is 11.6 Å². The summed E-state index contributed by atoms with van der Waals surface area (Å²) in [5, 5.41) is 14.1. The molecule has 5 heteroatoms. The summed E-state index contributed by atoms with van der Waals surface area (Å²) in [6, 6.07) is 19.8. The van der Waals surface area contributed by atoms with Gasteiger partial charge in [-0.25, -0.2) is 4.98 Å². The minimum absolute atomic E-state index is 0.0173. The fraction of sp³-hybridized carbons (Fsp3) is 0.292. The number of benzene rings is 2. The highest BCUT2D eigenvalue weighted by Gasteiger charge is 2.25. The quantitative estimate of drug-likeness (QED) is 0.608. The van der Waals surface area contributed by atoms with Crippen LogP contribution in [0.3, 0.4) is 0 Å². The Morgan fingerprint density at radius 3 is 2.90 bits per heavy atom. The van der Waals surface area contributed by atoms with Gasteiger partial charge in [0.25, 0.3) is 0 Å². The number of anilines is 2. The molecule has 0 amide bonds. The van der Waals surface area contributed by atoms with E-state index in [1.54, 1.807) is 6.20 Å². The highest BCUT2D eigenvalue weighted by atomic mass is 35.5. The van der Waals surface area contributed by atoms with E-state index in [1.165, 1.54) is 5.56 Å². The van der Waals surface area contributed by atoms with E-state index in [0.29, 0.717) is 5.02 Å². The van der Waals surface area contributed by atoms with Crippen molar-refractivity contribution in [3.8, 4) is 11.1 Å². The van der Waals surface area contributed by atoms with Gasteiger partial charge in [-0.1, -0.05) is 42.8 Å². The monoisotopic (exact) mass is 406 g/mol. The zero-order valence-electron chi connectivity index (χ0n) is 16.5. The second-order valence-corrected chi connectivity index (χ2v) is 7.77. The number of aliphatic hydroxyl groups is 1. The molecule has 3 aromatic rings. The van der Waals surface area contributed by atoms with E-state index in [9.17, 15) is 5.11 Å². The normalized spacial score (nSPS) is 16.2. The van der Waals surface area contributed by atoms with Crippen LogP contribution in [0, 0.1) is 6.07 Å². The molecule has 1 aliphatic heterocycles. The Balaban J connectivity index is 1.52. The molecule has 1 saturated heterocycles. The molecule has 4 rings (SSSR count). The number of aromatic nitrogens is 1. The molecule has 2 heterocycles. The lowest BCUT2D eigenvalue weighted by atomic mass is 9.99. The number of hydrogen-bond donors (Lipinski definition) is 2. The van der Waals surface area contributed by atoms with Gasteiger partial charge in [0, 0.05) is 36.6 Å². The molecule has 2 aromatic carbocycles. The van der Waals surface area contributed by atoms with Crippen molar-refractivity contribution in [3.05, 3.63) is 76.9 Å². The van der Waals surface area contributed by atoms with E-state index in [2.05, 4.69) is 58.5 Å². The zero-order valence-corrected chi connectivity index (χ0v) is 17.3. The summed E-state index contributed by atoms with van der Waals surface area (Å²) in [6.45, 7) is 3.92. The summed E-state index contributed by atoms with van der Waals surface area (Å²) in [5.74, 6) is 0.728. The molecule has 1 atom stereocenters. The highest BCUT2D eigenvalue weighted by Crippen LogP contribution is 2.31. The number of aliphatic hydroxyl groups excluding tert-OH is 1. The minimum atomic E-state index is 0.0173. The van der Waals surface area contributed by atoms with Crippen molar-refractivity contribution in [1.29, 1.82) is 0 Å². The Labute approximate surface area is 177 Å². The third kappa shape index (κ3) is 4.39. The molecule has 1 radical (unpaired) electrons. The molecule has 2 N–H and O–H groups in total. The first-order chi connectivity index (χ1) is 14.2. The standard InChI is InChI=1S/C24H25ClN3O/c1-2-17-5-3-6-18(13-17)19-8-9-23(20(14-19)16-29)28-12-10-21(15-28)27-24-22(25)7-4-11-26-24/h3-4,6-9,11,13-14,21,29H,2,10,12,15-16H2,1H3,(H,26,27)/t21-/m0/s1. The lowest BCUT2D eigenvalue weighted by molar-refractivity contribution is 0.282. The molecule has 0 spiro atoms. The van der Waals surface area contributed by atoms with E-state index in [0.717, 1.165) is 54.1 Å². The van der Waals surface area contributed by atoms with Gasteiger partial charge < -0.3 is 15.3 Å². The molecule has 0 aliphatic carbocycles. The van der Waals surface area contributed by atoms with Crippen molar-refractivity contribution >= 4 is 23.1 Å². The number of pyridine rings is 1. The molecular formula is C24H25ClN3O. The van der Waals surface area contributed by atoms with Crippen molar-refractivity contribution < 1.29 is 5.11 Å². The molecular weight excluding hydrogens is 382 g/mol. The van der Waals surface area contributed by atoms with Crippen LogP contribution < -0.4 is 10.2 Å². The lowest BCUT2D eigenvalue weighted by Crippen LogP contribution is -2.27. The first kappa shape index (κ1) is 19.7. The molecule has 1 aromatic heterocycles. The Kier molecular flexibility index (Phi) is 6.02. The molecule has 0 unspecified atom stereocenters. The molecule has 4 nitrogen and oxygen atoms in total. The number of rotatable bonds is 6. The maximum atomic E-state index is 10.0. The van der Waals surface area contributed by atoms with E-state index >= 15 is 0 Å². The van der Waals surface area contributed by atoms with Crippen molar-refractivity contribution in [2.45, 2.75) is 32.4 Å². The second kappa shape index (κ2) is 8.85. The van der Waals surface area contributed by atoms with Gasteiger partial charge >= 0.3 is 0 Å². The zero-order chi connectivity index (χ0) is 20.2. The average Bonchev–Trinajstić information content (AvgIpc) is 3.23. The SMILES string of the molecule is CCc1[c]ccc(-c2ccc(N3CC[C@H](Nc4ncccc4Cl)C3)c(CO)c2)c1. The van der Waals surface area contributed by atoms with Crippen molar-refractivity contribution in [1.82, 2.24) is 4.98 Å². The van der Waals surface area contributed by atoms with Gasteiger partial charge in [-0.2, -0.15) is 0 Å². The van der Waals surface area contributed by atoms with Crippen LogP contribution in [0.2, 0.25) is 5.02 Å². The maximum absolute atomic E-state index is 10.0. The van der Waals surface area contributed by atoms with Crippen LogP contribution in [0.25, 0.3) is 11.1 Å². The predicted octanol–water partition coefficient (Wildman–Crippen LogP) is 4.95. The molecule has 1 fully saturated rings. The van der Waals surface area contributed by atoms with Gasteiger partial charge in [0.15, 0.2) is 0 Å². The van der Waals surface area contributed by atoms with Crippen molar-refractivity contribution in [2.24, 2.45) is 0 Å². The van der Waals surface area contributed by atoms with E-state index < -0.39 is 0 Å². The van der Waals surface area contributed by atoms with Gasteiger partial charge in [0.1, 0.15) is 5.82 Å². The summed E-state index contributed by atoms with van der Waals surface area (Å²) in [4.78, 5) is 6.65. The van der Waals surface area contributed by atoms with Crippen LogP contribution in [-0.2, 0) is 13.0 Å². The Hall–Kier alpha value is -2.56. The molecule has 0 bridgehead atoms. The number of nitrogens with zero attached hydrogens (tertiary/aromatic N) is 2. The number of aryl methyl sites for hydroxylation is 1. The maximum Gasteiger partial charge on any atom is 0.145 e. The lowest BCUT2D eigenvalue weighted by Gasteiger charge is -2.23. The molecule has 0 saturated carbocycles. The summed E-state index contributed by atoms with van der Waals surface area (Å²) >= 11 is 6.23. The van der Waals surface area contributed by atoms with Crippen LogP contribution in [-0.4, -0.2) is 29.2 Å². The number of halogens is 1. The molecule has 29 heavy (non-hydrogen) atoms. The Morgan fingerprint density at radius 2 is 2.10 bits per heavy atom. The fourth-order valence-electron chi connectivity index (χ4n) is 3.88. The minimum Gasteiger partial charge on any atom is -0.392 e. The van der Waals surface area contributed by atoms with E-state index in [-0.39, 0.29) is 12.6 Å². The van der Waals surface area contributed by atoms with Crippen LogP contribution >= 0.6 is 11.6 Å². The smallest absolute Gasteiger partial charge is 0.145 e. The summed E-state index contributed by atoms with van der Waals surface area (Å²) in [6.07, 6.45) is 3.70. The number of hydrogen-bond acceptors (Lipinski definition) is 4. The van der Waals surface area contributed by atoms with Gasteiger partial charge in [0.2, 0.25) is 0 Å². The highest BCUT2D eigenvalue weighted by molar-refractivity contribution is 6.32. The van der Waals surface area contributed by atoms with Crippen LogP contribution in [0.1, 0.15) is 24.5 Å². The first-order valence-corrected chi connectivity index (χ1v) is 10.4. The molecule has 1 aliphatic rings. The largest absolute Gasteiger partial charge is 0.392 e. The third-order valence-corrected chi connectivity index (χ3v) is 5.76.